The zero-order valence-corrected chi connectivity index (χ0v) is 9.34. The van der Waals surface area contributed by atoms with E-state index in [1.54, 1.807) is 31.4 Å². The first-order chi connectivity index (χ1) is 8.24. The van der Waals surface area contributed by atoms with Crippen LogP contribution in [0.2, 0.25) is 0 Å². The van der Waals surface area contributed by atoms with Gasteiger partial charge in [0.2, 0.25) is 0 Å². The van der Waals surface area contributed by atoms with Crippen LogP contribution in [0.3, 0.4) is 0 Å². The maximum atomic E-state index is 9.93. The van der Waals surface area contributed by atoms with E-state index in [9.17, 15) is 10.2 Å². The van der Waals surface area contributed by atoms with E-state index in [0.717, 1.165) is 22.1 Å². The van der Waals surface area contributed by atoms with Gasteiger partial charge in [-0.15, -0.1) is 0 Å². The van der Waals surface area contributed by atoms with Gasteiger partial charge < -0.3 is 14.9 Å². The lowest BCUT2D eigenvalue weighted by Crippen LogP contribution is -2.40. The summed E-state index contributed by atoms with van der Waals surface area (Å²) in [5.41, 5.74) is 3.29. The van der Waals surface area contributed by atoms with Crippen molar-refractivity contribution >= 4 is 17.8 Å². The molecule has 1 aliphatic rings. The van der Waals surface area contributed by atoms with Crippen molar-refractivity contribution in [1.82, 2.24) is 0 Å². The van der Waals surface area contributed by atoms with Crippen LogP contribution in [0, 0.1) is 0 Å². The van der Waals surface area contributed by atoms with Crippen molar-refractivity contribution in [2.45, 2.75) is 0 Å². The van der Waals surface area contributed by atoms with Crippen molar-refractivity contribution in [1.29, 1.82) is 0 Å². The Morgan fingerprint density at radius 2 is 1.35 bits per heavy atom. The molecule has 0 bridgehead atoms. The highest BCUT2D eigenvalue weighted by Crippen LogP contribution is 2.29. The van der Waals surface area contributed by atoms with Gasteiger partial charge in [0.1, 0.15) is 11.5 Å². The first-order valence-electron chi connectivity index (χ1n) is 5.41. The molecule has 0 atom stereocenters. The molecule has 0 amide bonds. The van der Waals surface area contributed by atoms with Crippen LogP contribution in [0.4, 0.5) is 0 Å². The van der Waals surface area contributed by atoms with Crippen LogP contribution < -0.4 is 10.9 Å². The third-order valence-electron chi connectivity index (χ3n) is 3.22. The van der Waals surface area contributed by atoms with Gasteiger partial charge >= 0.3 is 6.92 Å². The fourth-order valence-corrected chi connectivity index (χ4v) is 2.51. The Balaban J connectivity index is 2.37. The van der Waals surface area contributed by atoms with Gasteiger partial charge in [-0.25, -0.2) is 0 Å². The second-order valence-electron chi connectivity index (χ2n) is 4.09. The minimum absolute atomic E-state index is 0.199. The molecule has 84 valence electrons. The van der Waals surface area contributed by atoms with E-state index in [2.05, 4.69) is 0 Å². The molecule has 0 aliphatic carbocycles. The Labute approximate surface area is 99.4 Å². The summed E-state index contributed by atoms with van der Waals surface area (Å²) in [5, 5.41) is 19.9. The maximum absolute atomic E-state index is 9.93. The number of phenolic OH excluding ortho intramolecular Hbond substituents is 2. The lowest BCUT2D eigenvalue weighted by molar-refractivity contribution is 0.432. The molecule has 0 saturated carbocycles. The van der Waals surface area contributed by atoms with Gasteiger partial charge in [-0.3, -0.25) is 0 Å². The molecule has 2 aromatic rings. The molecule has 0 fully saturated rings. The van der Waals surface area contributed by atoms with Crippen LogP contribution in [0.5, 0.6) is 11.5 Å². The average Bonchev–Trinajstić information content (AvgIpc) is 2.66. The van der Waals surface area contributed by atoms with Crippen LogP contribution in [-0.4, -0.2) is 24.2 Å². The molecule has 4 heteroatoms. The highest BCUT2D eigenvalue weighted by molar-refractivity contribution is 6.86. The number of hydrogen-bond acceptors (Lipinski definition) is 3. The number of phenols is 2. The van der Waals surface area contributed by atoms with Crippen LogP contribution in [-0.2, 0) is 4.65 Å². The summed E-state index contributed by atoms with van der Waals surface area (Å²) in [4.78, 5) is 0. The molecule has 0 aromatic heterocycles. The van der Waals surface area contributed by atoms with Crippen LogP contribution in [0.1, 0.15) is 0 Å². The topological polar surface area (TPSA) is 49.7 Å². The lowest BCUT2D eigenvalue weighted by Gasteiger charge is -2.09. The van der Waals surface area contributed by atoms with Crippen molar-refractivity contribution in [3.63, 3.8) is 0 Å². The number of fused-ring (bicyclic) bond motifs is 3. The standard InChI is InChI=1S/C13H11BO3/c1-17-14-12-8(4-2-6-10(12)15)9-5-3-7-11(16)13(9)14/h2-7,15-16H,1H3. The van der Waals surface area contributed by atoms with Crippen LogP contribution >= 0.6 is 0 Å². The van der Waals surface area contributed by atoms with Crippen molar-refractivity contribution < 1.29 is 14.9 Å². The van der Waals surface area contributed by atoms with Gasteiger partial charge in [0.25, 0.3) is 0 Å². The van der Waals surface area contributed by atoms with E-state index >= 15 is 0 Å². The molecular formula is C13H11BO3. The molecule has 0 unspecified atom stereocenters. The first-order valence-corrected chi connectivity index (χ1v) is 5.41. The molecule has 1 aliphatic heterocycles. The second-order valence-corrected chi connectivity index (χ2v) is 4.09. The van der Waals surface area contributed by atoms with Gasteiger partial charge in [0.05, 0.1) is 0 Å². The molecule has 0 saturated heterocycles. The quantitative estimate of drug-likeness (QED) is 0.708. The van der Waals surface area contributed by atoms with Crippen molar-refractivity contribution in [3.8, 4) is 22.6 Å². The monoisotopic (exact) mass is 226 g/mol. The lowest BCUT2D eigenvalue weighted by atomic mass is 9.58. The van der Waals surface area contributed by atoms with E-state index < -0.39 is 6.92 Å². The maximum Gasteiger partial charge on any atom is 0.370 e. The van der Waals surface area contributed by atoms with E-state index in [-0.39, 0.29) is 11.5 Å². The summed E-state index contributed by atoms with van der Waals surface area (Å²) >= 11 is 0. The van der Waals surface area contributed by atoms with Crippen molar-refractivity contribution in [2.24, 2.45) is 0 Å². The number of benzene rings is 2. The average molecular weight is 226 g/mol. The zero-order chi connectivity index (χ0) is 12.0. The van der Waals surface area contributed by atoms with Crippen LogP contribution in [0.15, 0.2) is 36.4 Å². The Morgan fingerprint density at radius 3 is 1.76 bits per heavy atom. The predicted molar refractivity (Wildman–Crippen MR) is 67.2 cm³/mol. The highest BCUT2D eigenvalue weighted by Gasteiger charge is 2.37. The van der Waals surface area contributed by atoms with Gasteiger partial charge in [0, 0.05) is 18.0 Å². The number of aromatic hydroxyl groups is 2. The molecule has 3 nitrogen and oxygen atoms in total. The molecular weight excluding hydrogens is 215 g/mol. The number of rotatable bonds is 1. The summed E-state index contributed by atoms with van der Waals surface area (Å²) in [7, 11) is 1.57. The zero-order valence-electron chi connectivity index (χ0n) is 9.34. The fourth-order valence-electron chi connectivity index (χ4n) is 2.51. The van der Waals surface area contributed by atoms with Gasteiger partial charge in [-0.1, -0.05) is 24.3 Å². The Hall–Kier alpha value is -1.94. The smallest absolute Gasteiger partial charge is 0.370 e. The van der Waals surface area contributed by atoms with E-state index in [1.807, 2.05) is 12.1 Å². The second kappa shape index (κ2) is 3.53. The van der Waals surface area contributed by atoms with Crippen LogP contribution in [0.25, 0.3) is 11.1 Å². The summed E-state index contributed by atoms with van der Waals surface area (Å²) in [5.74, 6) is 0.398. The minimum atomic E-state index is -0.401. The Bertz CT molecular complexity index is 544. The van der Waals surface area contributed by atoms with E-state index in [1.165, 1.54) is 0 Å². The molecule has 2 N–H and O–H groups in total. The Morgan fingerprint density at radius 1 is 0.882 bits per heavy atom. The van der Waals surface area contributed by atoms with Gasteiger partial charge in [-0.05, 0) is 23.3 Å². The Kier molecular flexibility index (Phi) is 2.13. The minimum Gasteiger partial charge on any atom is -0.508 e. The third kappa shape index (κ3) is 1.28. The summed E-state index contributed by atoms with van der Waals surface area (Å²) in [6.45, 7) is -0.401. The van der Waals surface area contributed by atoms with E-state index in [0.29, 0.717) is 0 Å². The largest absolute Gasteiger partial charge is 0.508 e. The summed E-state index contributed by atoms with van der Waals surface area (Å²) < 4.78 is 5.41. The van der Waals surface area contributed by atoms with Crippen molar-refractivity contribution in [2.75, 3.05) is 7.11 Å². The molecule has 17 heavy (non-hydrogen) atoms. The third-order valence-corrected chi connectivity index (χ3v) is 3.22. The molecule has 0 spiro atoms. The van der Waals surface area contributed by atoms with Gasteiger partial charge in [0.15, 0.2) is 0 Å². The fraction of sp³-hybridized carbons (Fsp3) is 0.0769. The SMILES string of the molecule is COB1c2c(O)cccc2-c2cccc(O)c21. The van der Waals surface area contributed by atoms with E-state index in [4.69, 9.17) is 4.65 Å². The van der Waals surface area contributed by atoms with Gasteiger partial charge in [-0.2, -0.15) is 0 Å². The molecule has 1 heterocycles. The van der Waals surface area contributed by atoms with Crippen molar-refractivity contribution in [3.05, 3.63) is 36.4 Å². The predicted octanol–water partition coefficient (Wildman–Crippen LogP) is 0.830. The number of hydrogen-bond donors (Lipinski definition) is 2. The summed E-state index contributed by atoms with van der Waals surface area (Å²) in [6.07, 6.45) is 0. The highest BCUT2D eigenvalue weighted by atomic mass is 16.4. The molecule has 3 rings (SSSR count). The molecule has 2 aromatic carbocycles. The summed E-state index contributed by atoms with van der Waals surface area (Å²) in [6, 6.07) is 10.7. The molecule has 0 radical (unpaired) electrons. The normalized spacial score (nSPS) is 12.4. The first kappa shape index (κ1) is 10.2.